The number of unbranched alkanes of at least 4 members (excludes halogenated alkanes) is 3. The van der Waals surface area contributed by atoms with E-state index < -0.39 is 0 Å². The minimum Gasteiger partial charge on any atom is -0.462 e. The van der Waals surface area contributed by atoms with E-state index in [9.17, 15) is 4.79 Å². The van der Waals surface area contributed by atoms with Crippen molar-refractivity contribution in [1.82, 2.24) is 0 Å². The molecule has 1 aromatic carbocycles. The molecule has 3 heteroatoms. The highest BCUT2D eigenvalue weighted by Crippen LogP contribution is 2.30. The van der Waals surface area contributed by atoms with E-state index in [-0.39, 0.29) is 16.8 Å². The molecule has 0 N–H and O–H groups in total. The Hall–Kier alpha value is -0.830. The number of alkyl halides is 1. The molecule has 0 unspecified atom stereocenters. The van der Waals surface area contributed by atoms with Gasteiger partial charge < -0.3 is 4.74 Å². The van der Waals surface area contributed by atoms with Crippen molar-refractivity contribution >= 4 is 21.9 Å². The Kier molecular flexibility index (Phi) is 7.98. The predicted molar refractivity (Wildman–Crippen MR) is 106 cm³/mol. The van der Waals surface area contributed by atoms with E-state index in [0.717, 1.165) is 18.2 Å². The van der Waals surface area contributed by atoms with Crippen LogP contribution in [-0.2, 0) is 15.6 Å². The van der Waals surface area contributed by atoms with Crippen LogP contribution in [0.3, 0.4) is 0 Å². The third kappa shape index (κ3) is 6.96. The number of rotatable bonds is 7. The summed E-state index contributed by atoms with van der Waals surface area (Å²) in [5.74, 6) is -0.202. The Labute approximate surface area is 156 Å². The van der Waals surface area contributed by atoms with E-state index in [0.29, 0.717) is 12.2 Å². The first-order chi connectivity index (χ1) is 11.1. The number of hydrogen-bond acceptors (Lipinski definition) is 2. The summed E-state index contributed by atoms with van der Waals surface area (Å²) in [7, 11) is 0. The molecule has 0 aliphatic rings. The van der Waals surface area contributed by atoms with Crippen molar-refractivity contribution in [2.75, 3.05) is 11.9 Å². The maximum absolute atomic E-state index is 12.5. The lowest BCUT2D eigenvalue weighted by Crippen LogP contribution is -2.18. The monoisotopic (exact) mass is 396 g/mol. The molecule has 0 heterocycles. The highest BCUT2D eigenvalue weighted by atomic mass is 79.9. The molecule has 0 radical (unpaired) electrons. The minimum atomic E-state index is -0.202. The first-order valence-corrected chi connectivity index (χ1v) is 10.1. The zero-order valence-electron chi connectivity index (χ0n) is 16.2. The molecule has 0 amide bonds. The van der Waals surface area contributed by atoms with Gasteiger partial charge in [-0.1, -0.05) is 76.4 Å². The van der Waals surface area contributed by atoms with Crippen molar-refractivity contribution in [3.63, 3.8) is 0 Å². The average Bonchev–Trinajstić information content (AvgIpc) is 2.48. The van der Waals surface area contributed by atoms with Gasteiger partial charge in [0.15, 0.2) is 0 Å². The molecule has 136 valence electrons. The summed E-state index contributed by atoms with van der Waals surface area (Å²) in [6, 6.07) is 6.20. The molecule has 0 atom stereocenters. The van der Waals surface area contributed by atoms with E-state index >= 15 is 0 Å². The highest BCUT2D eigenvalue weighted by Gasteiger charge is 2.22. The molecular formula is C21H33BrO2. The molecule has 2 nitrogen and oxygen atoms in total. The second kappa shape index (κ2) is 9.03. The molecule has 0 saturated heterocycles. The third-order valence-electron chi connectivity index (χ3n) is 4.16. The van der Waals surface area contributed by atoms with Crippen LogP contribution in [0.5, 0.6) is 0 Å². The van der Waals surface area contributed by atoms with Crippen LogP contribution >= 0.6 is 15.9 Å². The maximum atomic E-state index is 12.5. The fraction of sp³-hybridized carbons (Fsp3) is 0.667. The average molecular weight is 397 g/mol. The van der Waals surface area contributed by atoms with Crippen LogP contribution in [0.1, 0.15) is 88.7 Å². The van der Waals surface area contributed by atoms with Crippen molar-refractivity contribution in [1.29, 1.82) is 0 Å². The van der Waals surface area contributed by atoms with Gasteiger partial charge in [0.25, 0.3) is 0 Å². The Morgan fingerprint density at radius 2 is 1.38 bits per heavy atom. The van der Waals surface area contributed by atoms with E-state index in [4.69, 9.17) is 4.74 Å². The standard InChI is InChI=1S/C21H33BrO2/c1-20(2,3)17-13-16(14-18(15-17)21(4,5)6)19(23)24-12-10-8-7-9-11-22/h13-15H,7-12H2,1-6H3. The predicted octanol–water partition coefficient (Wildman–Crippen LogP) is 6.39. The topological polar surface area (TPSA) is 26.3 Å². The molecular weight excluding hydrogens is 364 g/mol. The number of carbonyl (C=O) groups is 1. The summed E-state index contributed by atoms with van der Waals surface area (Å²) in [6.07, 6.45) is 4.39. The van der Waals surface area contributed by atoms with Crippen LogP contribution in [0, 0.1) is 0 Å². The largest absolute Gasteiger partial charge is 0.462 e. The van der Waals surface area contributed by atoms with Crippen molar-refractivity contribution in [2.45, 2.75) is 78.1 Å². The molecule has 0 aromatic heterocycles. The SMILES string of the molecule is CC(C)(C)c1cc(C(=O)OCCCCCCBr)cc(C(C)(C)C)c1. The number of esters is 1. The molecule has 0 fully saturated rings. The van der Waals surface area contributed by atoms with Crippen molar-refractivity contribution in [3.8, 4) is 0 Å². The Balaban J connectivity index is 2.84. The van der Waals surface area contributed by atoms with Gasteiger partial charge in [-0.2, -0.15) is 0 Å². The maximum Gasteiger partial charge on any atom is 0.338 e. The van der Waals surface area contributed by atoms with Crippen molar-refractivity contribution in [3.05, 3.63) is 34.9 Å². The summed E-state index contributed by atoms with van der Waals surface area (Å²) in [4.78, 5) is 12.5. The summed E-state index contributed by atoms with van der Waals surface area (Å²) in [5, 5.41) is 1.04. The molecule has 0 aliphatic carbocycles. The van der Waals surface area contributed by atoms with Crippen LogP contribution < -0.4 is 0 Å². The number of hydrogen-bond donors (Lipinski definition) is 0. The summed E-state index contributed by atoms with van der Waals surface area (Å²) in [5.41, 5.74) is 3.05. The van der Waals surface area contributed by atoms with Crippen LogP contribution in [-0.4, -0.2) is 17.9 Å². The van der Waals surface area contributed by atoms with Crippen LogP contribution in [0.4, 0.5) is 0 Å². The highest BCUT2D eigenvalue weighted by molar-refractivity contribution is 9.09. The number of ether oxygens (including phenoxy) is 1. The van der Waals surface area contributed by atoms with Crippen LogP contribution in [0.25, 0.3) is 0 Å². The zero-order valence-corrected chi connectivity index (χ0v) is 17.8. The van der Waals surface area contributed by atoms with Crippen molar-refractivity contribution < 1.29 is 9.53 Å². The zero-order chi connectivity index (χ0) is 18.4. The second-order valence-corrected chi connectivity index (χ2v) is 9.33. The van der Waals surface area contributed by atoms with Gasteiger partial charge in [0, 0.05) is 5.33 Å². The quantitative estimate of drug-likeness (QED) is 0.303. The van der Waals surface area contributed by atoms with Gasteiger partial charge in [-0.3, -0.25) is 0 Å². The summed E-state index contributed by atoms with van der Waals surface area (Å²) >= 11 is 3.43. The lowest BCUT2D eigenvalue weighted by Gasteiger charge is -2.25. The Morgan fingerprint density at radius 3 is 1.83 bits per heavy atom. The lowest BCUT2D eigenvalue weighted by molar-refractivity contribution is 0.0497. The number of carbonyl (C=O) groups excluding carboxylic acids is 1. The molecule has 0 saturated carbocycles. The summed E-state index contributed by atoms with van der Waals surface area (Å²) in [6.45, 7) is 13.6. The first-order valence-electron chi connectivity index (χ1n) is 8.95. The van der Waals surface area contributed by atoms with Gasteiger partial charge in [-0.25, -0.2) is 4.79 Å². The molecule has 0 spiro atoms. The fourth-order valence-electron chi connectivity index (χ4n) is 2.41. The van der Waals surface area contributed by atoms with Gasteiger partial charge in [0.1, 0.15) is 0 Å². The minimum absolute atomic E-state index is 0.00592. The molecule has 0 bridgehead atoms. The normalized spacial score (nSPS) is 12.3. The third-order valence-corrected chi connectivity index (χ3v) is 4.72. The van der Waals surface area contributed by atoms with Gasteiger partial charge >= 0.3 is 5.97 Å². The second-order valence-electron chi connectivity index (χ2n) is 8.54. The first kappa shape index (κ1) is 21.2. The van der Waals surface area contributed by atoms with E-state index in [1.807, 2.05) is 12.1 Å². The molecule has 1 aromatic rings. The van der Waals surface area contributed by atoms with Gasteiger partial charge in [0.2, 0.25) is 0 Å². The van der Waals surface area contributed by atoms with Gasteiger partial charge in [-0.15, -0.1) is 0 Å². The van der Waals surface area contributed by atoms with Gasteiger partial charge in [-0.05, 0) is 46.9 Å². The molecule has 0 aliphatic heterocycles. The summed E-state index contributed by atoms with van der Waals surface area (Å²) < 4.78 is 5.49. The van der Waals surface area contributed by atoms with E-state index in [2.05, 4.69) is 63.5 Å². The smallest absolute Gasteiger partial charge is 0.338 e. The number of benzene rings is 1. The Bertz CT molecular complexity index is 504. The fourth-order valence-corrected chi connectivity index (χ4v) is 2.81. The Morgan fingerprint density at radius 1 is 0.875 bits per heavy atom. The van der Waals surface area contributed by atoms with E-state index in [1.54, 1.807) is 0 Å². The lowest BCUT2D eigenvalue weighted by atomic mass is 9.79. The molecule has 1 rings (SSSR count). The molecule has 24 heavy (non-hydrogen) atoms. The van der Waals surface area contributed by atoms with Gasteiger partial charge in [0.05, 0.1) is 12.2 Å². The van der Waals surface area contributed by atoms with Crippen LogP contribution in [0.15, 0.2) is 18.2 Å². The van der Waals surface area contributed by atoms with E-state index in [1.165, 1.54) is 24.0 Å². The number of halogens is 1. The van der Waals surface area contributed by atoms with Crippen LogP contribution in [0.2, 0.25) is 0 Å². The van der Waals surface area contributed by atoms with Crippen molar-refractivity contribution in [2.24, 2.45) is 0 Å².